The molecule has 0 amide bonds. The van der Waals surface area contributed by atoms with E-state index in [1.165, 1.54) is 6.07 Å². The van der Waals surface area contributed by atoms with Crippen LogP contribution in [0.15, 0.2) is 23.1 Å². The van der Waals surface area contributed by atoms with Gasteiger partial charge >= 0.3 is 6.18 Å². The van der Waals surface area contributed by atoms with Crippen LogP contribution in [0.2, 0.25) is 0 Å². The van der Waals surface area contributed by atoms with Gasteiger partial charge in [0.2, 0.25) is 0 Å². The van der Waals surface area contributed by atoms with Gasteiger partial charge in [-0.3, -0.25) is 4.21 Å². The molecule has 0 radical (unpaired) electrons. The van der Waals surface area contributed by atoms with Gasteiger partial charge in [-0.2, -0.15) is 13.2 Å². The minimum absolute atomic E-state index is 0.0915. The highest BCUT2D eigenvalue weighted by atomic mass is 32.2. The lowest BCUT2D eigenvalue weighted by molar-refractivity contribution is -0.137. The largest absolute Gasteiger partial charge is 0.416 e. The molecule has 7 heteroatoms. The molecule has 2 rings (SSSR count). The Bertz CT molecular complexity index is 484. The Hall–Kier alpha value is -1.08. The van der Waals surface area contributed by atoms with E-state index in [4.69, 9.17) is 10.5 Å². The summed E-state index contributed by atoms with van der Waals surface area (Å²) in [6.07, 6.45) is -2.79. The first-order chi connectivity index (χ1) is 8.88. The Morgan fingerprint density at radius 3 is 2.68 bits per heavy atom. The minimum atomic E-state index is -4.44. The summed E-state index contributed by atoms with van der Waals surface area (Å²) >= 11 is 0. The van der Waals surface area contributed by atoms with Crippen LogP contribution in [0.1, 0.15) is 18.4 Å². The molecule has 1 aromatic rings. The van der Waals surface area contributed by atoms with Crippen molar-refractivity contribution in [2.45, 2.75) is 30.0 Å². The molecule has 1 aromatic carbocycles. The number of halogens is 3. The normalized spacial score (nSPS) is 21.5. The van der Waals surface area contributed by atoms with E-state index < -0.39 is 22.5 Å². The lowest BCUT2D eigenvalue weighted by Gasteiger charge is -2.12. The summed E-state index contributed by atoms with van der Waals surface area (Å²) in [4.78, 5) is 0.239. The maximum atomic E-state index is 12.5. The van der Waals surface area contributed by atoms with Crippen molar-refractivity contribution in [1.82, 2.24) is 0 Å². The number of hydrogen-bond acceptors (Lipinski definition) is 3. The number of nitrogens with two attached hydrogens (primary N) is 1. The first-order valence-corrected chi connectivity index (χ1v) is 7.16. The predicted molar refractivity (Wildman–Crippen MR) is 66.1 cm³/mol. The third kappa shape index (κ3) is 3.48. The highest BCUT2D eigenvalue weighted by Crippen LogP contribution is 2.32. The SMILES string of the molecule is Nc1cc(C(F)(F)F)ccc1S(=O)CC1CCCO1. The second-order valence-electron chi connectivity index (χ2n) is 4.40. The fourth-order valence-electron chi connectivity index (χ4n) is 1.97. The van der Waals surface area contributed by atoms with Gasteiger partial charge in [0.15, 0.2) is 0 Å². The van der Waals surface area contributed by atoms with Gasteiger partial charge < -0.3 is 10.5 Å². The molecule has 1 aliphatic heterocycles. The Kier molecular flexibility index (Phi) is 4.15. The molecular weight excluding hydrogens is 279 g/mol. The third-order valence-corrected chi connectivity index (χ3v) is 4.48. The fourth-order valence-corrected chi connectivity index (χ4v) is 3.29. The maximum absolute atomic E-state index is 12.5. The van der Waals surface area contributed by atoms with E-state index in [2.05, 4.69) is 0 Å². The zero-order valence-electron chi connectivity index (χ0n) is 10.1. The van der Waals surface area contributed by atoms with Crippen LogP contribution in [0.25, 0.3) is 0 Å². The molecule has 0 aliphatic carbocycles. The molecule has 1 heterocycles. The van der Waals surface area contributed by atoms with Crippen LogP contribution in [0.4, 0.5) is 18.9 Å². The van der Waals surface area contributed by atoms with Crippen molar-refractivity contribution in [2.24, 2.45) is 0 Å². The Balaban J connectivity index is 2.14. The first kappa shape index (κ1) is 14.3. The molecule has 0 aromatic heterocycles. The molecule has 1 fully saturated rings. The number of benzene rings is 1. The number of rotatable bonds is 3. The molecule has 0 saturated carbocycles. The van der Waals surface area contributed by atoms with E-state index in [0.717, 1.165) is 25.0 Å². The van der Waals surface area contributed by atoms with E-state index >= 15 is 0 Å². The average molecular weight is 293 g/mol. The summed E-state index contributed by atoms with van der Waals surface area (Å²) in [6, 6.07) is 2.91. The van der Waals surface area contributed by atoms with Crippen LogP contribution >= 0.6 is 0 Å². The molecule has 2 atom stereocenters. The highest BCUT2D eigenvalue weighted by molar-refractivity contribution is 7.85. The van der Waals surface area contributed by atoms with Crippen molar-refractivity contribution < 1.29 is 22.1 Å². The van der Waals surface area contributed by atoms with Gasteiger partial charge in [0.25, 0.3) is 0 Å². The fraction of sp³-hybridized carbons (Fsp3) is 0.500. The van der Waals surface area contributed by atoms with Gasteiger partial charge in [-0.05, 0) is 31.0 Å². The van der Waals surface area contributed by atoms with Crippen LogP contribution in [0, 0.1) is 0 Å². The second-order valence-corrected chi connectivity index (χ2v) is 5.86. The molecule has 19 heavy (non-hydrogen) atoms. The van der Waals surface area contributed by atoms with E-state index in [1.54, 1.807) is 0 Å². The summed E-state index contributed by atoms with van der Waals surface area (Å²) in [7, 11) is -1.44. The molecular formula is C12H14F3NO2S. The minimum Gasteiger partial charge on any atom is -0.398 e. The zero-order chi connectivity index (χ0) is 14.0. The zero-order valence-corrected chi connectivity index (χ0v) is 10.9. The van der Waals surface area contributed by atoms with E-state index in [0.29, 0.717) is 6.61 Å². The Morgan fingerprint density at radius 1 is 1.42 bits per heavy atom. The van der Waals surface area contributed by atoms with Crippen LogP contribution in [-0.4, -0.2) is 22.7 Å². The van der Waals surface area contributed by atoms with Crippen LogP contribution in [0.3, 0.4) is 0 Å². The second kappa shape index (κ2) is 5.50. The topological polar surface area (TPSA) is 52.3 Å². The van der Waals surface area contributed by atoms with Crippen LogP contribution in [0.5, 0.6) is 0 Å². The van der Waals surface area contributed by atoms with Crippen LogP contribution in [-0.2, 0) is 21.7 Å². The van der Waals surface area contributed by atoms with Crippen molar-refractivity contribution in [1.29, 1.82) is 0 Å². The van der Waals surface area contributed by atoms with E-state index in [-0.39, 0.29) is 22.4 Å². The van der Waals surface area contributed by atoms with Gasteiger partial charge in [0, 0.05) is 12.3 Å². The van der Waals surface area contributed by atoms with Gasteiger partial charge in [0.1, 0.15) is 0 Å². The number of alkyl halides is 3. The first-order valence-electron chi connectivity index (χ1n) is 5.84. The summed E-state index contributed by atoms with van der Waals surface area (Å²) in [5.74, 6) is 0.273. The molecule has 106 valence electrons. The van der Waals surface area contributed by atoms with E-state index in [9.17, 15) is 17.4 Å². The van der Waals surface area contributed by atoms with Gasteiger partial charge in [-0.15, -0.1) is 0 Å². The molecule has 0 spiro atoms. The summed E-state index contributed by atoms with van der Waals surface area (Å²) < 4.78 is 54.8. The van der Waals surface area contributed by atoms with Crippen molar-refractivity contribution in [3.8, 4) is 0 Å². The quantitative estimate of drug-likeness (QED) is 0.871. The van der Waals surface area contributed by atoms with E-state index in [1.807, 2.05) is 0 Å². The average Bonchev–Trinajstić information content (AvgIpc) is 2.80. The molecule has 1 saturated heterocycles. The summed E-state index contributed by atoms with van der Waals surface area (Å²) in [5, 5.41) is 0. The summed E-state index contributed by atoms with van der Waals surface area (Å²) in [6.45, 7) is 0.643. The van der Waals surface area contributed by atoms with Crippen molar-refractivity contribution in [3.05, 3.63) is 23.8 Å². The smallest absolute Gasteiger partial charge is 0.398 e. The molecule has 3 nitrogen and oxygen atoms in total. The monoisotopic (exact) mass is 293 g/mol. The van der Waals surface area contributed by atoms with Gasteiger partial charge in [0.05, 0.1) is 33.1 Å². The maximum Gasteiger partial charge on any atom is 0.416 e. The molecule has 0 bridgehead atoms. The lowest BCUT2D eigenvalue weighted by atomic mass is 10.2. The number of anilines is 1. The van der Waals surface area contributed by atoms with Gasteiger partial charge in [-0.25, -0.2) is 0 Å². The number of ether oxygens (including phenoxy) is 1. The predicted octanol–water partition coefficient (Wildman–Crippen LogP) is 2.57. The molecule has 2 N–H and O–H groups in total. The lowest BCUT2D eigenvalue weighted by Crippen LogP contribution is -2.17. The standard InChI is InChI=1S/C12H14F3NO2S/c13-12(14,15)8-3-4-11(10(16)6-8)19(17)7-9-2-1-5-18-9/h3-4,6,9H,1-2,5,7,16H2. The van der Waals surface area contributed by atoms with Crippen LogP contribution < -0.4 is 5.73 Å². The van der Waals surface area contributed by atoms with Gasteiger partial charge in [-0.1, -0.05) is 0 Å². The Morgan fingerprint density at radius 2 is 2.16 bits per heavy atom. The van der Waals surface area contributed by atoms with Crippen molar-refractivity contribution in [3.63, 3.8) is 0 Å². The molecule has 2 unspecified atom stereocenters. The Labute approximate surface area is 111 Å². The summed E-state index contributed by atoms with van der Waals surface area (Å²) in [5.41, 5.74) is 4.64. The number of nitrogen functional groups attached to an aromatic ring is 1. The van der Waals surface area contributed by atoms with Crippen molar-refractivity contribution in [2.75, 3.05) is 18.1 Å². The third-order valence-electron chi connectivity index (χ3n) is 2.94. The molecule has 1 aliphatic rings. The number of hydrogen-bond donors (Lipinski definition) is 1. The highest BCUT2D eigenvalue weighted by Gasteiger charge is 2.31. The van der Waals surface area contributed by atoms with Crippen molar-refractivity contribution >= 4 is 16.5 Å².